The van der Waals surface area contributed by atoms with Gasteiger partial charge in [0.2, 0.25) is 0 Å². The van der Waals surface area contributed by atoms with Crippen molar-refractivity contribution in [1.82, 2.24) is 15.2 Å². The van der Waals surface area contributed by atoms with E-state index in [1.54, 1.807) is 11.3 Å². The van der Waals surface area contributed by atoms with Crippen LogP contribution in [0.3, 0.4) is 0 Å². The molecule has 0 bridgehead atoms. The van der Waals surface area contributed by atoms with Crippen LogP contribution in [0.2, 0.25) is 0 Å². The maximum Gasteiger partial charge on any atom is 0.318 e. The van der Waals surface area contributed by atoms with Crippen LogP contribution in [0.25, 0.3) is 0 Å². The Bertz CT molecular complexity index is 460. The Balaban J connectivity index is 1.95. The largest absolute Gasteiger partial charge is 0.331 e. The average Bonchev–Trinajstić information content (AvgIpc) is 3.15. The van der Waals surface area contributed by atoms with Crippen molar-refractivity contribution in [3.05, 3.63) is 15.6 Å². The molecule has 1 fully saturated rings. The highest BCUT2D eigenvalue weighted by atomic mass is 32.1. The topological polar surface area (TPSA) is 45.2 Å². The minimum Gasteiger partial charge on any atom is -0.331 e. The van der Waals surface area contributed by atoms with Crippen LogP contribution in [0, 0.1) is 19.8 Å². The van der Waals surface area contributed by atoms with Crippen molar-refractivity contribution >= 4 is 17.4 Å². The normalized spacial score (nSPS) is 16.3. The summed E-state index contributed by atoms with van der Waals surface area (Å²) in [6, 6.07) is 0.772. The number of thiazole rings is 1. The number of aryl methyl sites for hydroxylation is 2. The number of rotatable bonds is 5. The molecular formula is C15H25N3OS. The summed E-state index contributed by atoms with van der Waals surface area (Å²) in [5.41, 5.74) is 1.06. The maximum absolute atomic E-state index is 12.4. The molecule has 20 heavy (non-hydrogen) atoms. The number of aromatic nitrogens is 1. The third-order valence-electron chi connectivity index (χ3n) is 4.04. The Morgan fingerprint density at radius 3 is 2.50 bits per heavy atom. The minimum absolute atomic E-state index is 0.0548. The molecule has 1 atom stereocenters. The molecule has 0 radical (unpaired) electrons. The third kappa shape index (κ3) is 3.51. The van der Waals surface area contributed by atoms with Gasteiger partial charge in [-0.25, -0.2) is 9.78 Å². The van der Waals surface area contributed by atoms with Crippen molar-refractivity contribution in [2.24, 2.45) is 5.92 Å². The van der Waals surface area contributed by atoms with Crippen LogP contribution in [0.15, 0.2) is 0 Å². The number of carbonyl (C=O) groups is 1. The third-order valence-corrected chi connectivity index (χ3v) is 5.11. The van der Waals surface area contributed by atoms with E-state index in [9.17, 15) is 4.79 Å². The first-order chi connectivity index (χ1) is 9.40. The predicted molar refractivity (Wildman–Crippen MR) is 83.0 cm³/mol. The molecule has 0 saturated heterocycles. The van der Waals surface area contributed by atoms with Gasteiger partial charge < -0.3 is 10.2 Å². The number of carbonyl (C=O) groups excluding carboxylic acids is 1. The molecule has 1 N–H and O–H groups in total. The summed E-state index contributed by atoms with van der Waals surface area (Å²) in [6.45, 7) is 11.1. The smallest absolute Gasteiger partial charge is 0.318 e. The van der Waals surface area contributed by atoms with Gasteiger partial charge in [0.15, 0.2) is 0 Å². The van der Waals surface area contributed by atoms with E-state index in [0.717, 1.165) is 23.5 Å². The molecule has 1 unspecified atom stereocenters. The quantitative estimate of drug-likeness (QED) is 0.904. The molecule has 1 aromatic heterocycles. The number of nitrogens with one attached hydrogen (secondary N) is 1. The number of amides is 2. The molecule has 1 heterocycles. The molecule has 1 aliphatic carbocycles. The summed E-state index contributed by atoms with van der Waals surface area (Å²) in [7, 11) is 0. The predicted octanol–water partition coefficient (Wildman–Crippen LogP) is 3.48. The van der Waals surface area contributed by atoms with E-state index >= 15 is 0 Å². The van der Waals surface area contributed by atoms with Gasteiger partial charge >= 0.3 is 6.03 Å². The van der Waals surface area contributed by atoms with Gasteiger partial charge in [-0.15, -0.1) is 11.3 Å². The Labute approximate surface area is 125 Å². The van der Waals surface area contributed by atoms with Gasteiger partial charge in [-0.2, -0.15) is 0 Å². The van der Waals surface area contributed by atoms with Gasteiger partial charge in [-0.05, 0) is 39.5 Å². The van der Waals surface area contributed by atoms with Crippen LogP contribution in [0.1, 0.15) is 49.2 Å². The highest BCUT2D eigenvalue weighted by molar-refractivity contribution is 7.11. The van der Waals surface area contributed by atoms with E-state index in [4.69, 9.17) is 0 Å². The summed E-state index contributed by atoms with van der Waals surface area (Å²) in [4.78, 5) is 20.1. The van der Waals surface area contributed by atoms with E-state index in [-0.39, 0.29) is 12.1 Å². The Kier molecular flexibility index (Phi) is 4.68. The summed E-state index contributed by atoms with van der Waals surface area (Å²) in [5.74, 6) is 0.478. The van der Waals surface area contributed by atoms with E-state index in [2.05, 4.69) is 38.0 Å². The zero-order chi connectivity index (χ0) is 14.9. The Hall–Kier alpha value is -1.10. The van der Waals surface area contributed by atoms with Crippen molar-refractivity contribution in [2.45, 2.75) is 66.1 Å². The molecule has 1 aliphatic rings. The monoisotopic (exact) mass is 295 g/mol. The van der Waals surface area contributed by atoms with Crippen molar-refractivity contribution in [1.29, 1.82) is 0 Å². The summed E-state index contributed by atoms with van der Waals surface area (Å²) < 4.78 is 0. The van der Waals surface area contributed by atoms with Gasteiger partial charge in [0, 0.05) is 17.0 Å². The summed E-state index contributed by atoms with van der Waals surface area (Å²) >= 11 is 1.66. The Morgan fingerprint density at radius 1 is 1.40 bits per heavy atom. The fourth-order valence-electron chi connectivity index (χ4n) is 2.21. The van der Waals surface area contributed by atoms with Crippen LogP contribution < -0.4 is 5.32 Å². The second-order valence-corrected chi connectivity index (χ2v) is 7.32. The van der Waals surface area contributed by atoms with E-state index < -0.39 is 0 Å². The molecule has 2 amide bonds. The van der Waals surface area contributed by atoms with Crippen LogP contribution in [0.5, 0.6) is 0 Å². The lowest BCUT2D eigenvalue weighted by Crippen LogP contribution is -2.48. The first kappa shape index (κ1) is 15.3. The number of hydrogen-bond donors (Lipinski definition) is 1. The molecule has 1 saturated carbocycles. The summed E-state index contributed by atoms with van der Waals surface area (Å²) in [6.07, 6.45) is 2.28. The zero-order valence-corrected chi connectivity index (χ0v) is 13.9. The van der Waals surface area contributed by atoms with Gasteiger partial charge in [0.25, 0.3) is 0 Å². The fraction of sp³-hybridized carbons (Fsp3) is 0.733. The molecule has 0 aromatic carbocycles. The Morgan fingerprint density at radius 2 is 2.05 bits per heavy atom. The lowest BCUT2D eigenvalue weighted by molar-refractivity contribution is 0.156. The second kappa shape index (κ2) is 6.12. The molecule has 0 spiro atoms. The molecule has 2 rings (SSSR count). The molecule has 4 nitrogen and oxygen atoms in total. The molecule has 0 aliphatic heterocycles. The molecule has 112 valence electrons. The highest BCUT2D eigenvalue weighted by Crippen LogP contribution is 2.30. The van der Waals surface area contributed by atoms with E-state index in [1.807, 2.05) is 11.8 Å². The standard InChI is InChI=1S/C15H25N3OS/c1-9(2)11(4)18(13-6-7-13)15(19)16-8-14-17-10(3)12(5)20-14/h9,11,13H,6-8H2,1-5H3,(H,16,19). The highest BCUT2D eigenvalue weighted by Gasteiger charge is 2.36. The van der Waals surface area contributed by atoms with Crippen LogP contribution >= 0.6 is 11.3 Å². The van der Waals surface area contributed by atoms with Crippen LogP contribution in [0.4, 0.5) is 4.79 Å². The van der Waals surface area contributed by atoms with Crippen molar-refractivity contribution in [3.63, 3.8) is 0 Å². The first-order valence-corrected chi connectivity index (χ1v) is 8.21. The fourth-order valence-corrected chi connectivity index (χ4v) is 3.09. The van der Waals surface area contributed by atoms with Gasteiger partial charge in [-0.1, -0.05) is 13.8 Å². The van der Waals surface area contributed by atoms with Gasteiger partial charge in [0.05, 0.1) is 12.2 Å². The maximum atomic E-state index is 12.4. The van der Waals surface area contributed by atoms with Gasteiger partial charge in [0.1, 0.15) is 5.01 Å². The van der Waals surface area contributed by atoms with E-state index in [1.165, 1.54) is 4.88 Å². The number of nitrogens with zero attached hydrogens (tertiary/aromatic N) is 2. The zero-order valence-electron chi connectivity index (χ0n) is 13.1. The SMILES string of the molecule is Cc1nc(CNC(=O)N(C2CC2)C(C)C(C)C)sc1C. The average molecular weight is 295 g/mol. The van der Waals surface area contributed by atoms with Crippen LogP contribution in [-0.4, -0.2) is 28.0 Å². The number of urea groups is 1. The van der Waals surface area contributed by atoms with Gasteiger partial charge in [-0.3, -0.25) is 0 Å². The van der Waals surface area contributed by atoms with Crippen molar-refractivity contribution < 1.29 is 4.79 Å². The first-order valence-electron chi connectivity index (χ1n) is 7.39. The van der Waals surface area contributed by atoms with E-state index in [0.29, 0.717) is 18.5 Å². The number of hydrogen-bond acceptors (Lipinski definition) is 3. The second-order valence-electron chi connectivity index (χ2n) is 6.03. The van der Waals surface area contributed by atoms with Crippen molar-refractivity contribution in [2.75, 3.05) is 0 Å². The lowest BCUT2D eigenvalue weighted by atomic mass is 10.0. The molecule has 5 heteroatoms. The van der Waals surface area contributed by atoms with Crippen LogP contribution in [-0.2, 0) is 6.54 Å². The summed E-state index contributed by atoms with van der Waals surface area (Å²) in [5, 5.41) is 4.02. The lowest BCUT2D eigenvalue weighted by Gasteiger charge is -2.32. The van der Waals surface area contributed by atoms with Crippen molar-refractivity contribution in [3.8, 4) is 0 Å². The molecule has 1 aromatic rings. The molecular weight excluding hydrogens is 270 g/mol. The minimum atomic E-state index is 0.0548.